The van der Waals surface area contributed by atoms with E-state index in [1.807, 2.05) is 36.4 Å². The van der Waals surface area contributed by atoms with Crippen molar-refractivity contribution in [3.8, 4) is 11.1 Å². The number of aliphatic hydroxyl groups excluding tert-OH is 1. The first kappa shape index (κ1) is 21.7. The second-order valence-electron chi connectivity index (χ2n) is 8.31. The van der Waals surface area contributed by atoms with Gasteiger partial charge in [0.25, 0.3) is 5.91 Å². The van der Waals surface area contributed by atoms with Crippen molar-refractivity contribution in [3.63, 3.8) is 0 Å². The molecule has 3 aromatic rings. The summed E-state index contributed by atoms with van der Waals surface area (Å²) >= 11 is 0. The average Bonchev–Trinajstić information content (AvgIpc) is 2.74. The number of amides is 1. The van der Waals surface area contributed by atoms with Crippen molar-refractivity contribution in [2.24, 2.45) is 0 Å². The molecule has 0 atom stereocenters. The van der Waals surface area contributed by atoms with E-state index in [0.29, 0.717) is 17.7 Å². The smallest absolute Gasteiger partial charge is 0.256 e. The first-order valence-corrected chi connectivity index (χ1v) is 10.2. The third-order valence-corrected chi connectivity index (χ3v) is 4.80. The fraction of sp³-hybridized carbons (Fsp3) is 0.280. The maximum atomic E-state index is 13.0. The number of carbonyl (C=O) groups excluding carboxylic acids is 1. The molecule has 5 heteroatoms. The molecule has 0 aliphatic carbocycles. The lowest BCUT2D eigenvalue weighted by Crippen LogP contribution is -2.35. The lowest BCUT2D eigenvalue weighted by Gasteiger charge is -2.20. The molecule has 0 unspecified atom stereocenters. The Labute approximate surface area is 178 Å². The Kier molecular flexibility index (Phi) is 6.98. The van der Waals surface area contributed by atoms with Crippen LogP contribution in [0.4, 0.5) is 5.69 Å². The van der Waals surface area contributed by atoms with Gasteiger partial charge in [-0.05, 0) is 56.0 Å². The summed E-state index contributed by atoms with van der Waals surface area (Å²) in [6.45, 7) is 7.23. The second-order valence-corrected chi connectivity index (χ2v) is 8.31. The number of carbonyl (C=O) groups is 1. The van der Waals surface area contributed by atoms with Crippen LogP contribution in [0.25, 0.3) is 11.1 Å². The van der Waals surface area contributed by atoms with Gasteiger partial charge in [-0.1, -0.05) is 42.5 Å². The first-order chi connectivity index (χ1) is 14.4. The van der Waals surface area contributed by atoms with Crippen molar-refractivity contribution >= 4 is 11.6 Å². The van der Waals surface area contributed by atoms with Crippen LogP contribution in [0, 0.1) is 0 Å². The third kappa shape index (κ3) is 5.75. The molecule has 0 bridgehead atoms. The van der Waals surface area contributed by atoms with Gasteiger partial charge in [0.1, 0.15) is 0 Å². The fourth-order valence-electron chi connectivity index (χ4n) is 3.16. The minimum absolute atomic E-state index is 0.0316. The number of hydrogen-bond acceptors (Lipinski definition) is 4. The molecule has 0 aliphatic rings. The summed E-state index contributed by atoms with van der Waals surface area (Å²) in [5.41, 5.74) is 5.13. The Morgan fingerprint density at radius 2 is 1.77 bits per heavy atom. The number of aromatic nitrogens is 1. The average molecular weight is 404 g/mol. The molecule has 0 saturated carbocycles. The molecule has 2 aromatic carbocycles. The van der Waals surface area contributed by atoms with Gasteiger partial charge in [0.2, 0.25) is 0 Å². The lowest BCUT2D eigenvalue weighted by molar-refractivity contribution is 0.102. The summed E-state index contributed by atoms with van der Waals surface area (Å²) in [4.78, 5) is 17.3. The molecule has 0 aliphatic heterocycles. The van der Waals surface area contributed by atoms with Gasteiger partial charge in [0.05, 0.1) is 5.56 Å². The Morgan fingerprint density at radius 1 is 1.03 bits per heavy atom. The zero-order chi connectivity index (χ0) is 21.6. The predicted molar refractivity (Wildman–Crippen MR) is 121 cm³/mol. The maximum Gasteiger partial charge on any atom is 0.256 e. The number of hydrogen-bond donors (Lipinski definition) is 3. The highest BCUT2D eigenvalue weighted by molar-refractivity contribution is 6.08. The zero-order valence-electron chi connectivity index (χ0n) is 17.8. The van der Waals surface area contributed by atoms with Gasteiger partial charge in [-0.25, -0.2) is 0 Å². The van der Waals surface area contributed by atoms with Crippen LogP contribution in [-0.4, -0.2) is 28.1 Å². The van der Waals surface area contributed by atoms with E-state index in [2.05, 4.69) is 48.5 Å². The van der Waals surface area contributed by atoms with Gasteiger partial charge >= 0.3 is 0 Å². The molecule has 3 rings (SSSR count). The fourth-order valence-corrected chi connectivity index (χ4v) is 3.16. The number of rotatable bonds is 7. The Hall–Kier alpha value is -3.02. The monoisotopic (exact) mass is 403 g/mol. The van der Waals surface area contributed by atoms with E-state index >= 15 is 0 Å². The van der Waals surface area contributed by atoms with E-state index in [4.69, 9.17) is 0 Å². The first-order valence-electron chi connectivity index (χ1n) is 10.2. The molecule has 0 spiro atoms. The predicted octanol–water partition coefficient (Wildman–Crippen LogP) is 4.42. The van der Waals surface area contributed by atoms with Crippen molar-refractivity contribution in [1.82, 2.24) is 10.3 Å². The lowest BCUT2D eigenvalue weighted by atomic mass is 9.99. The number of nitrogens with one attached hydrogen (secondary N) is 2. The van der Waals surface area contributed by atoms with Crippen molar-refractivity contribution in [3.05, 3.63) is 83.7 Å². The van der Waals surface area contributed by atoms with Crippen LogP contribution in [0.3, 0.4) is 0 Å². The van der Waals surface area contributed by atoms with E-state index in [9.17, 15) is 9.90 Å². The Balaban J connectivity index is 1.82. The molecule has 1 aromatic heterocycles. The van der Waals surface area contributed by atoms with Crippen molar-refractivity contribution in [2.75, 3.05) is 11.9 Å². The van der Waals surface area contributed by atoms with Gasteiger partial charge in [-0.2, -0.15) is 0 Å². The van der Waals surface area contributed by atoms with Crippen LogP contribution in [0.5, 0.6) is 0 Å². The number of nitrogens with zero attached hydrogens (tertiary/aromatic N) is 1. The largest absolute Gasteiger partial charge is 0.396 e. The third-order valence-electron chi connectivity index (χ3n) is 4.80. The van der Waals surface area contributed by atoms with Gasteiger partial charge in [0, 0.05) is 42.3 Å². The van der Waals surface area contributed by atoms with Crippen LogP contribution in [0.1, 0.15) is 42.3 Å². The molecule has 1 amide bonds. The molecule has 0 fully saturated rings. The van der Waals surface area contributed by atoms with Crippen LogP contribution < -0.4 is 10.6 Å². The Morgan fingerprint density at radius 3 is 2.47 bits per heavy atom. The van der Waals surface area contributed by atoms with Crippen molar-refractivity contribution in [2.45, 2.75) is 39.3 Å². The minimum atomic E-state index is -0.198. The summed E-state index contributed by atoms with van der Waals surface area (Å²) in [6, 6.07) is 17.4. The molecular weight excluding hydrogens is 374 g/mol. The van der Waals surface area contributed by atoms with Crippen LogP contribution in [0.15, 0.2) is 67.0 Å². The van der Waals surface area contributed by atoms with E-state index in [0.717, 1.165) is 23.2 Å². The summed E-state index contributed by atoms with van der Waals surface area (Å²) in [6.07, 6.45) is 3.83. The van der Waals surface area contributed by atoms with Gasteiger partial charge in [-0.3, -0.25) is 9.78 Å². The summed E-state index contributed by atoms with van der Waals surface area (Å²) in [5, 5.41) is 15.7. The van der Waals surface area contributed by atoms with E-state index in [1.54, 1.807) is 18.5 Å². The summed E-state index contributed by atoms with van der Waals surface area (Å²) in [7, 11) is 0. The molecule has 1 heterocycles. The van der Waals surface area contributed by atoms with Crippen molar-refractivity contribution in [1.29, 1.82) is 0 Å². The van der Waals surface area contributed by atoms with Gasteiger partial charge in [0.15, 0.2) is 0 Å². The quantitative estimate of drug-likeness (QED) is 0.546. The van der Waals surface area contributed by atoms with E-state index in [-0.39, 0.29) is 18.1 Å². The van der Waals surface area contributed by atoms with Crippen LogP contribution >= 0.6 is 0 Å². The highest BCUT2D eigenvalue weighted by Gasteiger charge is 2.15. The molecule has 30 heavy (non-hydrogen) atoms. The minimum Gasteiger partial charge on any atom is -0.396 e. The molecule has 0 saturated heterocycles. The number of pyridine rings is 1. The topological polar surface area (TPSA) is 74.2 Å². The highest BCUT2D eigenvalue weighted by atomic mass is 16.3. The molecule has 5 nitrogen and oxygen atoms in total. The van der Waals surface area contributed by atoms with E-state index in [1.165, 1.54) is 5.56 Å². The molecular formula is C25H29N3O2. The maximum absolute atomic E-state index is 13.0. The Bertz CT molecular complexity index is 992. The number of benzene rings is 2. The second kappa shape index (κ2) is 9.65. The highest BCUT2D eigenvalue weighted by Crippen LogP contribution is 2.25. The number of aliphatic hydroxyl groups is 1. The molecule has 0 radical (unpaired) electrons. The van der Waals surface area contributed by atoms with Crippen LogP contribution in [0.2, 0.25) is 0 Å². The summed E-state index contributed by atoms with van der Waals surface area (Å²) < 4.78 is 0. The van der Waals surface area contributed by atoms with Gasteiger partial charge in [-0.15, -0.1) is 0 Å². The van der Waals surface area contributed by atoms with Crippen molar-refractivity contribution < 1.29 is 9.90 Å². The van der Waals surface area contributed by atoms with Gasteiger partial charge < -0.3 is 15.7 Å². The SMILES string of the molecule is CC(C)(C)NCc1ccc(-c2cnccc2C(=O)Nc2ccccc2CCO)cc1. The number of anilines is 1. The van der Waals surface area contributed by atoms with E-state index < -0.39 is 0 Å². The number of para-hydroxylation sites is 1. The molecule has 156 valence electrons. The zero-order valence-corrected chi connectivity index (χ0v) is 17.8. The standard InChI is InChI=1S/C25H29N3O2/c1-25(2,3)27-16-18-8-10-19(11-9-18)22-17-26-14-12-21(22)24(30)28-23-7-5-4-6-20(23)13-15-29/h4-12,14,17,27,29H,13,15-16H2,1-3H3,(H,28,30). The summed E-state index contributed by atoms with van der Waals surface area (Å²) in [5.74, 6) is -0.198. The molecule has 3 N–H and O–H groups in total. The van der Waals surface area contributed by atoms with Crippen LogP contribution in [-0.2, 0) is 13.0 Å². The normalized spacial score (nSPS) is 11.3.